The molecule has 0 aromatic carbocycles. The van der Waals surface area contributed by atoms with Gasteiger partial charge in [0.05, 0.1) is 6.61 Å². The number of rotatable bonds is 5. The Morgan fingerprint density at radius 1 is 1.20 bits per heavy atom. The van der Waals surface area contributed by atoms with E-state index in [4.69, 9.17) is 23.4 Å². The molecule has 0 aromatic rings. The molecule has 0 unspecified atom stereocenters. The Hall–Kier alpha value is -0.623. The van der Waals surface area contributed by atoms with Crippen molar-refractivity contribution in [1.82, 2.24) is 0 Å². The Labute approximate surface area is 153 Å². The molecule has 5 nitrogen and oxygen atoms in total. The quantitative estimate of drug-likeness (QED) is 0.409. The lowest BCUT2D eigenvalue weighted by Crippen LogP contribution is -2.45. The van der Waals surface area contributed by atoms with Gasteiger partial charge in [-0.2, -0.15) is 0 Å². The molecule has 0 radical (unpaired) electrons. The average molecular weight is 371 g/mol. The minimum atomic E-state index is -1.86. The summed E-state index contributed by atoms with van der Waals surface area (Å²) >= 11 is 0. The summed E-state index contributed by atoms with van der Waals surface area (Å²) in [4.78, 5) is 0. The van der Waals surface area contributed by atoms with E-state index < -0.39 is 20.4 Å². The monoisotopic (exact) mass is 370 g/mol. The number of ether oxygens (including phenoxy) is 4. The van der Waals surface area contributed by atoms with Gasteiger partial charge in [0.1, 0.15) is 12.4 Å². The molecule has 0 spiro atoms. The lowest BCUT2D eigenvalue weighted by molar-refractivity contribution is -0.218. The molecule has 0 amide bonds. The number of allylic oxidation sites excluding steroid dienone is 1. The molecule has 0 bridgehead atoms. The maximum atomic E-state index is 6.34. The van der Waals surface area contributed by atoms with Gasteiger partial charge in [0, 0.05) is 0 Å². The summed E-state index contributed by atoms with van der Waals surface area (Å²) in [5.41, 5.74) is 4.13. The summed E-state index contributed by atoms with van der Waals surface area (Å²) in [5, 5.41) is 0.148. The molecule has 144 valence electrons. The van der Waals surface area contributed by atoms with E-state index in [9.17, 15) is 0 Å². The molecule has 0 saturated carbocycles. The van der Waals surface area contributed by atoms with Crippen molar-refractivity contribution in [1.29, 1.82) is 0 Å². The van der Waals surface area contributed by atoms with Gasteiger partial charge in [-0.3, -0.25) is 0 Å². The summed E-state index contributed by atoms with van der Waals surface area (Å²) in [5.74, 6) is -0.664. The fraction of sp³-hybridized carbons (Fsp3) is 0.842. The second-order valence-electron chi connectivity index (χ2n) is 9.08. The van der Waals surface area contributed by atoms with E-state index >= 15 is 0 Å². The zero-order chi connectivity index (χ0) is 19.0. The maximum absolute atomic E-state index is 6.34. The molecule has 2 saturated heterocycles. The highest BCUT2D eigenvalue weighted by molar-refractivity contribution is 6.74. The normalized spacial score (nSPS) is 31.4. The van der Waals surface area contributed by atoms with Crippen molar-refractivity contribution in [3.05, 3.63) is 17.6 Å². The van der Waals surface area contributed by atoms with Gasteiger partial charge in [0.2, 0.25) is 0 Å². The standard InChI is InChI=1S/C19H34O5Si/c1-13(2)10-11-20-15-14(12-21-25(8,9)18(3,4)5)22-17-16(15)23-19(6,7)24-17/h11,14-17H,12H2,1-9H3/t14-,15+,16-,17-/m1/s1. The van der Waals surface area contributed by atoms with E-state index in [1.807, 2.05) is 27.7 Å². The van der Waals surface area contributed by atoms with Crippen molar-refractivity contribution in [2.45, 2.75) is 97.0 Å². The maximum Gasteiger partial charge on any atom is 0.192 e. The second kappa shape index (κ2) is 7.18. The SMILES string of the molecule is CC(C)=C=CO[C@@H]1[C@H]2OC(C)(C)O[C@H]2O[C@@H]1CO[Si](C)(C)C(C)(C)C. The van der Waals surface area contributed by atoms with Crippen LogP contribution in [0.15, 0.2) is 17.6 Å². The van der Waals surface area contributed by atoms with Crippen LogP contribution in [0.4, 0.5) is 0 Å². The highest BCUT2D eigenvalue weighted by Crippen LogP contribution is 2.41. The Morgan fingerprint density at radius 3 is 2.40 bits per heavy atom. The molecular formula is C19H34O5Si. The van der Waals surface area contributed by atoms with Crippen molar-refractivity contribution in [2.75, 3.05) is 6.61 Å². The molecule has 2 fully saturated rings. The number of hydrogen-bond donors (Lipinski definition) is 0. The first-order valence-corrected chi connectivity index (χ1v) is 11.9. The molecule has 6 heteroatoms. The molecule has 0 aliphatic carbocycles. The molecule has 4 atom stereocenters. The van der Waals surface area contributed by atoms with E-state index in [0.717, 1.165) is 5.57 Å². The fourth-order valence-electron chi connectivity index (χ4n) is 2.58. The molecular weight excluding hydrogens is 336 g/mol. The second-order valence-corrected chi connectivity index (χ2v) is 13.9. The molecule has 0 N–H and O–H groups in total. The summed E-state index contributed by atoms with van der Waals surface area (Å²) in [6, 6.07) is 0. The molecule has 0 aromatic heterocycles. The average Bonchev–Trinajstić information content (AvgIpc) is 2.88. The lowest BCUT2D eigenvalue weighted by Gasteiger charge is -2.37. The predicted octanol–water partition coefficient (Wildman–Crippen LogP) is 4.35. The van der Waals surface area contributed by atoms with Gasteiger partial charge < -0.3 is 23.4 Å². The van der Waals surface area contributed by atoms with E-state index in [-0.39, 0.29) is 23.4 Å². The van der Waals surface area contributed by atoms with Crippen molar-refractivity contribution < 1.29 is 23.4 Å². The van der Waals surface area contributed by atoms with Gasteiger partial charge in [-0.15, -0.1) is 0 Å². The number of fused-ring (bicyclic) bond motifs is 1. The summed E-state index contributed by atoms with van der Waals surface area (Å²) in [6.45, 7) is 19.3. The van der Waals surface area contributed by atoms with Crippen LogP contribution in [-0.2, 0) is 23.4 Å². The molecule has 2 aliphatic rings. The third-order valence-electron chi connectivity index (χ3n) is 5.07. The molecule has 2 aliphatic heterocycles. The van der Waals surface area contributed by atoms with Crippen LogP contribution in [0, 0.1) is 0 Å². The zero-order valence-corrected chi connectivity index (χ0v) is 18.1. The Kier molecular flexibility index (Phi) is 5.94. The lowest BCUT2D eigenvalue weighted by atomic mass is 10.1. The van der Waals surface area contributed by atoms with E-state index in [1.165, 1.54) is 0 Å². The number of hydrogen-bond acceptors (Lipinski definition) is 5. The van der Waals surface area contributed by atoms with E-state index in [2.05, 4.69) is 39.6 Å². The van der Waals surface area contributed by atoms with Crippen LogP contribution in [-0.4, -0.2) is 45.3 Å². The topological polar surface area (TPSA) is 46.2 Å². The summed E-state index contributed by atoms with van der Waals surface area (Å²) in [6.07, 6.45) is 0.407. The van der Waals surface area contributed by atoms with Crippen LogP contribution in [0.5, 0.6) is 0 Å². The summed E-state index contributed by atoms with van der Waals surface area (Å²) < 4.78 is 30.2. The van der Waals surface area contributed by atoms with Crippen LogP contribution in [0.3, 0.4) is 0 Å². The van der Waals surface area contributed by atoms with Gasteiger partial charge in [0.25, 0.3) is 0 Å². The largest absolute Gasteiger partial charge is 0.484 e. The van der Waals surface area contributed by atoms with Crippen LogP contribution in [0.25, 0.3) is 0 Å². The molecule has 2 heterocycles. The first-order chi connectivity index (χ1) is 11.3. The molecule has 2 rings (SSSR count). The van der Waals surface area contributed by atoms with Gasteiger partial charge in [-0.05, 0) is 51.4 Å². The van der Waals surface area contributed by atoms with Crippen molar-refractivity contribution >= 4 is 8.32 Å². The van der Waals surface area contributed by atoms with Gasteiger partial charge in [0.15, 0.2) is 32.6 Å². The van der Waals surface area contributed by atoms with Gasteiger partial charge in [-0.25, -0.2) is 0 Å². The van der Waals surface area contributed by atoms with E-state index in [1.54, 1.807) is 6.26 Å². The Bertz CT molecular complexity index is 539. The Balaban J connectivity index is 2.10. The van der Waals surface area contributed by atoms with Crippen molar-refractivity contribution in [2.24, 2.45) is 0 Å². The third kappa shape index (κ3) is 4.97. The smallest absolute Gasteiger partial charge is 0.192 e. The molecule has 25 heavy (non-hydrogen) atoms. The predicted molar refractivity (Wildman–Crippen MR) is 99.7 cm³/mol. The fourth-order valence-corrected chi connectivity index (χ4v) is 3.60. The van der Waals surface area contributed by atoms with Gasteiger partial charge >= 0.3 is 0 Å². The minimum absolute atomic E-state index is 0.148. The van der Waals surface area contributed by atoms with Crippen LogP contribution in [0.1, 0.15) is 48.5 Å². The van der Waals surface area contributed by atoms with Crippen LogP contribution < -0.4 is 0 Å². The first kappa shape index (κ1) is 20.7. The first-order valence-electron chi connectivity index (χ1n) is 9.01. The van der Waals surface area contributed by atoms with Crippen LogP contribution >= 0.6 is 0 Å². The highest BCUT2D eigenvalue weighted by atomic mass is 28.4. The van der Waals surface area contributed by atoms with Crippen LogP contribution in [0.2, 0.25) is 18.1 Å². The summed E-state index contributed by atoms with van der Waals surface area (Å²) in [7, 11) is -1.86. The van der Waals surface area contributed by atoms with Crippen molar-refractivity contribution in [3.8, 4) is 0 Å². The van der Waals surface area contributed by atoms with E-state index in [0.29, 0.717) is 6.61 Å². The highest BCUT2D eigenvalue weighted by Gasteiger charge is 2.56. The third-order valence-corrected chi connectivity index (χ3v) is 9.58. The van der Waals surface area contributed by atoms with Crippen molar-refractivity contribution in [3.63, 3.8) is 0 Å². The zero-order valence-electron chi connectivity index (χ0n) is 17.1. The minimum Gasteiger partial charge on any atom is -0.484 e. The Morgan fingerprint density at radius 2 is 1.84 bits per heavy atom. The van der Waals surface area contributed by atoms with Gasteiger partial charge in [-0.1, -0.05) is 26.5 Å².